The molecule has 0 saturated carbocycles. The molecule has 1 saturated heterocycles. The zero-order valence-electron chi connectivity index (χ0n) is 11.2. The number of hydrogen-bond donors (Lipinski definition) is 1. The fourth-order valence-electron chi connectivity index (χ4n) is 2.10. The lowest BCUT2D eigenvalue weighted by Crippen LogP contribution is -2.48. The lowest BCUT2D eigenvalue weighted by molar-refractivity contribution is -0.122. The highest BCUT2D eigenvalue weighted by Gasteiger charge is 2.16. The normalized spacial score (nSPS) is 17.4. The van der Waals surface area contributed by atoms with E-state index in [0.29, 0.717) is 12.1 Å². The quantitative estimate of drug-likeness (QED) is 0.870. The van der Waals surface area contributed by atoms with Gasteiger partial charge in [0.2, 0.25) is 5.91 Å². The van der Waals surface area contributed by atoms with E-state index in [1.165, 1.54) is 6.07 Å². The molecule has 0 radical (unpaired) electrons. The molecule has 1 aromatic carbocycles. The van der Waals surface area contributed by atoms with Crippen LogP contribution in [0.3, 0.4) is 0 Å². The summed E-state index contributed by atoms with van der Waals surface area (Å²) in [5.41, 5.74) is 0.522. The minimum absolute atomic E-state index is 0.0483. The summed E-state index contributed by atoms with van der Waals surface area (Å²) in [7, 11) is 2.08. The van der Waals surface area contributed by atoms with Crippen LogP contribution >= 0.6 is 0 Å². The van der Waals surface area contributed by atoms with E-state index in [4.69, 9.17) is 0 Å². The minimum atomic E-state index is -0.276. The van der Waals surface area contributed by atoms with Gasteiger partial charge in [0, 0.05) is 38.3 Å². The van der Waals surface area contributed by atoms with Crippen LogP contribution in [0.25, 0.3) is 0 Å². The van der Waals surface area contributed by atoms with Gasteiger partial charge >= 0.3 is 0 Å². The van der Waals surface area contributed by atoms with Crippen molar-refractivity contribution in [1.29, 1.82) is 0 Å². The average Bonchev–Trinajstić information content (AvgIpc) is 2.40. The van der Waals surface area contributed by atoms with Crippen LogP contribution in [-0.4, -0.2) is 55.5 Å². The highest BCUT2D eigenvalue weighted by molar-refractivity contribution is 5.78. The number of carbonyl (C=O) groups excluding carboxylic acids is 1. The summed E-state index contributed by atoms with van der Waals surface area (Å²) in [5.74, 6) is -0.324. The molecule has 0 spiro atoms. The second-order valence-electron chi connectivity index (χ2n) is 4.95. The summed E-state index contributed by atoms with van der Waals surface area (Å²) in [6.07, 6.45) is 0. The van der Waals surface area contributed by atoms with Crippen LogP contribution in [0, 0.1) is 5.82 Å². The van der Waals surface area contributed by atoms with E-state index in [1.807, 2.05) is 0 Å². The third kappa shape index (κ3) is 4.29. The first-order valence-electron chi connectivity index (χ1n) is 6.56. The van der Waals surface area contributed by atoms with Gasteiger partial charge < -0.3 is 10.2 Å². The maximum atomic E-state index is 13.4. The molecule has 1 aliphatic rings. The first-order chi connectivity index (χ1) is 9.15. The maximum Gasteiger partial charge on any atom is 0.234 e. The molecule has 2 rings (SSSR count). The highest BCUT2D eigenvalue weighted by Crippen LogP contribution is 2.05. The van der Waals surface area contributed by atoms with Crippen LogP contribution in [0.2, 0.25) is 0 Å². The van der Waals surface area contributed by atoms with E-state index in [1.54, 1.807) is 18.2 Å². The summed E-state index contributed by atoms with van der Waals surface area (Å²) in [4.78, 5) is 16.2. The van der Waals surface area contributed by atoms with E-state index >= 15 is 0 Å². The van der Waals surface area contributed by atoms with Crippen LogP contribution in [0.15, 0.2) is 24.3 Å². The van der Waals surface area contributed by atoms with Gasteiger partial charge in [0.15, 0.2) is 0 Å². The predicted molar refractivity (Wildman–Crippen MR) is 72.2 cm³/mol. The largest absolute Gasteiger partial charge is 0.351 e. The molecule has 4 nitrogen and oxygen atoms in total. The predicted octanol–water partition coefficient (Wildman–Crippen LogP) is 0.689. The third-order valence-electron chi connectivity index (χ3n) is 3.40. The highest BCUT2D eigenvalue weighted by atomic mass is 19.1. The molecule has 0 aliphatic carbocycles. The van der Waals surface area contributed by atoms with Crippen molar-refractivity contribution >= 4 is 5.91 Å². The Morgan fingerprint density at radius 1 is 1.26 bits per heavy atom. The zero-order chi connectivity index (χ0) is 13.7. The van der Waals surface area contributed by atoms with E-state index in [2.05, 4.69) is 22.2 Å². The molecule has 0 bridgehead atoms. The Kier molecular flexibility index (Phi) is 4.87. The molecule has 104 valence electrons. The minimum Gasteiger partial charge on any atom is -0.351 e. The van der Waals surface area contributed by atoms with Gasteiger partial charge in [-0.05, 0) is 13.1 Å². The number of nitrogens with zero attached hydrogens (tertiary/aromatic N) is 2. The number of piperazine rings is 1. The van der Waals surface area contributed by atoms with Gasteiger partial charge in [-0.25, -0.2) is 4.39 Å². The van der Waals surface area contributed by atoms with Gasteiger partial charge in [-0.3, -0.25) is 9.69 Å². The fourth-order valence-corrected chi connectivity index (χ4v) is 2.10. The molecule has 1 fully saturated rings. The fraction of sp³-hybridized carbons (Fsp3) is 0.500. The Balaban J connectivity index is 1.74. The van der Waals surface area contributed by atoms with Crippen molar-refractivity contribution in [3.05, 3.63) is 35.6 Å². The second kappa shape index (κ2) is 6.63. The third-order valence-corrected chi connectivity index (χ3v) is 3.40. The standard InChI is InChI=1S/C14H20FN3O/c1-17-6-8-18(9-7-17)11-14(19)16-10-12-4-2-3-5-13(12)15/h2-5H,6-11H2,1H3,(H,16,19). The van der Waals surface area contributed by atoms with Crippen LogP contribution in [-0.2, 0) is 11.3 Å². The van der Waals surface area contributed by atoms with Crippen molar-refractivity contribution in [3.8, 4) is 0 Å². The molecule has 1 heterocycles. The summed E-state index contributed by atoms with van der Waals surface area (Å²) in [5, 5.41) is 2.76. The molecule has 1 N–H and O–H groups in total. The lowest BCUT2D eigenvalue weighted by atomic mass is 10.2. The number of halogens is 1. The van der Waals surface area contributed by atoms with E-state index in [-0.39, 0.29) is 18.3 Å². The summed E-state index contributed by atoms with van der Waals surface area (Å²) in [6, 6.07) is 6.50. The van der Waals surface area contributed by atoms with Crippen molar-refractivity contribution in [2.75, 3.05) is 39.8 Å². The van der Waals surface area contributed by atoms with Gasteiger partial charge in [-0.2, -0.15) is 0 Å². The SMILES string of the molecule is CN1CCN(CC(=O)NCc2ccccc2F)CC1. The number of amides is 1. The number of rotatable bonds is 4. The molecule has 5 heteroatoms. The Bertz CT molecular complexity index is 430. The van der Waals surface area contributed by atoms with Crippen LogP contribution in [0.4, 0.5) is 4.39 Å². The number of carbonyl (C=O) groups is 1. The van der Waals surface area contributed by atoms with Gasteiger partial charge in [-0.1, -0.05) is 18.2 Å². The second-order valence-corrected chi connectivity index (χ2v) is 4.95. The molecule has 1 aromatic rings. The Morgan fingerprint density at radius 2 is 1.95 bits per heavy atom. The van der Waals surface area contributed by atoms with Crippen molar-refractivity contribution in [3.63, 3.8) is 0 Å². The van der Waals surface area contributed by atoms with Crippen molar-refractivity contribution in [2.45, 2.75) is 6.54 Å². The van der Waals surface area contributed by atoms with E-state index in [9.17, 15) is 9.18 Å². The summed E-state index contributed by atoms with van der Waals surface area (Å²) < 4.78 is 13.4. The van der Waals surface area contributed by atoms with Crippen molar-refractivity contribution in [1.82, 2.24) is 15.1 Å². The Hall–Kier alpha value is -1.46. The first kappa shape index (κ1) is 14.0. The van der Waals surface area contributed by atoms with Crippen molar-refractivity contribution in [2.24, 2.45) is 0 Å². The monoisotopic (exact) mass is 265 g/mol. The molecule has 1 amide bonds. The Morgan fingerprint density at radius 3 is 2.63 bits per heavy atom. The van der Waals surface area contributed by atoms with E-state index < -0.39 is 0 Å². The topological polar surface area (TPSA) is 35.6 Å². The molecule has 1 aliphatic heterocycles. The van der Waals surface area contributed by atoms with Crippen LogP contribution in [0.1, 0.15) is 5.56 Å². The Labute approximate surface area is 113 Å². The van der Waals surface area contributed by atoms with Crippen LogP contribution < -0.4 is 5.32 Å². The van der Waals surface area contributed by atoms with Gasteiger partial charge in [-0.15, -0.1) is 0 Å². The molecular weight excluding hydrogens is 245 g/mol. The number of nitrogens with one attached hydrogen (secondary N) is 1. The van der Waals surface area contributed by atoms with Gasteiger partial charge in [0.1, 0.15) is 5.82 Å². The number of benzene rings is 1. The smallest absolute Gasteiger partial charge is 0.234 e. The zero-order valence-corrected chi connectivity index (χ0v) is 11.2. The first-order valence-corrected chi connectivity index (χ1v) is 6.56. The van der Waals surface area contributed by atoms with Crippen molar-refractivity contribution < 1.29 is 9.18 Å². The molecule has 0 aromatic heterocycles. The van der Waals surface area contributed by atoms with Crippen LogP contribution in [0.5, 0.6) is 0 Å². The number of hydrogen-bond acceptors (Lipinski definition) is 3. The molecule has 19 heavy (non-hydrogen) atoms. The maximum absolute atomic E-state index is 13.4. The molecular formula is C14H20FN3O. The summed E-state index contributed by atoms with van der Waals surface area (Å²) in [6.45, 7) is 4.43. The summed E-state index contributed by atoms with van der Waals surface area (Å²) >= 11 is 0. The van der Waals surface area contributed by atoms with E-state index in [0.717, 1.165) is 26.2 Å². The number of likely N-dealkylation sites (N-methyl/N-ethyl adjacent to an activating group) is 1. The lowest BCUT2D eigenvalue weighted by Gasteiger charge is -2.31. The average molecular weight is 265 g/mol. The molecule has 0 atom stereocenters. The van der Waals surface area contributed by atoms with Gasteiger partial charge in [0.05, 0.1) is 6.54 Å². The molecule has 0 unspecified atom stereocenters. The van der Waals surface area contributed by atoms with Gasteiger partial charge in [0.25, 0.3) is 0 Å².